The van der Waals surface area contributed by atoms with Gasteiger partial charge in [0, 0.05) is 24.2 Å². The Bertz CT molecular complexity index is 329. The van der Waals surface area contributed by atoms with Crippen LogP contribution in [-0.2, 0) is 4.74 Å². The highest BCUT2D eigenvalue weighted by molar-refractivity contribution is 4.95. The van der Waals surface area contributed by atoms with Crippen LogP contribution < -0.4 is 5.32 Å². The van der Waals surface area contributed by atoms with Crippen molar-refractivity contribution in [3.63, 3.8) is 0 Å². The third-order valence-corrected chi connectivity index (χ3v) is 5.76. The number of nitrogens with one attached hydrogen (secondary N) is 1. The average molecular weight is 296 g/mol. The zero-order chi connectivity index (χ0) is 14.7. The maximum atomic E-state index is 9.84. The SMILES string of the molecule is CCC(CO)(CCCN1CCOC2CCCC21)NC1CC1. The number of hydrogen-bond donors (Lipinski definition) is 2. The quantitative estimate of drug-likeness (QED) is 0.718. The smallest absolute Gasteiger partial charge is 0.0730 e. The van der Waals surface area contributed by atoms with E-state index in [4.69, 9.17) is 4.74 Å². The molecule has 3 atom stereocenters. The summed E-state index contributed by atoms with van der Waals surface area (Å²) in [6, 6.07) is 1.33. The van der Waals surface area contributed by atoms with Gasteiger partial charge in [0.1, 0.15) is 0 Å². The van der Waals surface area contributed by atoms with Crippen molar-refractivity contribution < 1.29 is 9.84 Å². The van der Waals surface area contributed by atoms with Gasteiger partial charge in [0.25, 0.3) is 0 Å². The van der Waals surface area contributed by atoms with Gasteiger partial charge in [-0.3, -0.25) is 4.90 Å². The molecule has 0 amide bonds. The van der Waals surface area contributed by atoms with E-state index in [2.05, 4.69) is 17.1 Å². The second-order valence-electron chi connectivity index (χ2n) is 7.26. The highest BCUT2D eigenvalue weighted by atomic mass is 16.5. The summed E-state index contributed by atoms with van der Waals surface area (Å²) in [4.78, 5) is 2.65. The summed E-state index contributed by atoms with van der Waals surface area (Å²) >= 11 is 0. The van der Waals surface area contributed by atoms with Crippen LogP contribution in [0.4, 0.5) is 0 Å². The second kappa shape index (κ2) is 6.95. The highest BCUT2D eigenvalue weighted by Crippen LogP contribution is 2.31. The predicted molar refractivity (Wildman–Crippen MR) is 84.5 cm³/mol. The van der Waals surface area contributed by atoms with Crippen molar-refractivity contribution in [1.82, 2.24) is 10.2 Å². The van der Waals surface area contributed by atoms with Crippen molar-refractivity contribution >= 4 is 0 Å². The van der Waals surface area contributed by atoms with Crippen molar-refractivity contribution in [2.24, 2.45) is 0 Å². The first-order valence-electron chi connectivity index (χ1n) is 9.00. The van der Waals surface area contributed by atoms with Crippen LogP contribution in [0.25, 0.3) is 0 Å². The summed E-state index contributed by atoms with van der Waals surface area (Å²) in [6.07, 6.45) is 10.2. The Morgan fingerprint density at radius 1 is 1.29 bits per heavy atom. The molecule has 0 radical (unpaired) electrons. The van der Waals surface area contributed by atoms with Crippen molar-refractivity contribution in [3.8, 4) is 0 Å². The predicted octanol–water partition coefficient (Wildman–Crippen LogP) is 1.91. The fourth-order valence-corrected chi connectivity index (χ4v) is 4.15. The zero-order valence-electron chi connectivity index (χ0n) is 13.5. The Hall–Kier alpha value is -0.160. The third-order valence-electron chi connectivity index (χ3n) is 5.76. The minimum absolute atomic E-state index is 0.0392. The zero-order valence-corrected chi connectivity index (χ0v) is 13.5. The summed E-state index contributed by atoms with van der Waals surface area (Å²) < 4.78 is 5.89. The van der Waals surface area contributed by atoms with E-state index in [1.165, 1.54) is 45.1 Å². The second-order valence-corrected chi connectivity index (χ2v) is 7.26. The molecule has 3 fully saturated rings. The minimum Gasteiger partial charge on any atom is -0.394 e. The summed E-state index contributed by atoms with van der Waals surface area (Å²) in [5.41, 5.74) is -0.0392. The summed E-state index contributed by atoms with van der Waals surface area (Å²) in [5.74, 6) is 0. The van der Waals surface area contributed by atoms with Crippen molar-refractivity contribution in [2.75, 3.05) is 26.3 Å². The van der Waals surface area contributed by atoms with Crippen LogP contribution in [0.1, 0.15) is 58.3 Å². The van der Waals surface area contributed by atoms with Crippen LogP contribution in [0.3, 0.4) is 0 Å². The molecule has 1 aliphatic heterocycles. The van der Waals surface area contributed by atoms with E-state index in [1.54, 1.807) is 0 Å². The lowest BCUT2D eigenvalue weighted by Crippen LogP contribution is -2.51. The molecule has 3 rings (SSSR count). The van der Waals surface area contributed by atoms with Crippen LogP contribution in [0.15, 0.2) is 0 Å². The van der Waals surface area contributed by atoms with Gasteiger partial charge in [-0.05, 0) is 57.9 Å². The number of aliphatic hydroxyl groups excluding tert-OH is 1. The van der Waals surface area contributed by atoms with E-state index in [0.717, 1.165) is 26.0 Å². The van der Waals surface area contributed by atoms with Crippen molar-refractivity contribution in [1.29, 1.82) is 0 Å². The van der Waals surface area contributed by atoms with Gasteiger partial charge in [0.15, 0.2) is 0 Å². The van der Waals surface area contributed by atoms with E-state index in [0.29, 0.717) is 18.2 Å². The molecule has 2 N–H and O–H groups in total. The Labute approximate surface area is 129 Å². The van der Waals surface area contributed by atoms with Crippen LogP contribution in [0.2, 0.25) is 0 Å². The normalized spacial score (nSPS) is 32.9. The van der Waals surface area contributed by atoms with Crippen molar-refractivity contribution in [2.45, 2.75) is 82.0 Å². The first-order valence-corrected chi connectivity index (χ1v) is 9.00. The number of rotatable bonds is 8. The third kappa shape index (κ3) is 3.79. The number of hydrogen-bond acceptors (Lipinski definition) is 4. The number of fused-ring (bicyclic) bond motifs is 1. The molecule has 4 heteroatoms. The molecule has 2 aliphatic carbocycles. The molecule has 1 heterocycles. The van der Waals surface area contributed by atoms with Crippen LogP contribution >= 0.6 is 0 Å². The van der Waals surface area contributed by atoms with Crippen LogP contribution in [0.5, 0.6) is 0 Å². The monoisotopic (exact) mass is 296 g/mol. The largest absolute Gasteiger partial charge is 0.394 e. The number of ether oxygens (including phenoxy) is 1. The molecular formula is C17H32N2O2. The van der Waals surface area contributed by atoms with Gasteiger partial charge >= 0.3 is 0 Å². The Kier molecular flexibility index (Phi) is 5.20. The van der Waals surface area contributed by atoms with Gasteiger partial charge in [0.2, 0.25) is 0 Å². The van der Waals surface area contributed by atoms with E-state index in [9.17, 15) is 5.11 Å². The fraction of sp³-hybridized carbons (Fsp3) is 1.00. The molecule has 0 aromatic carbocycles. The summed E-state index contributed by atoms with van der Waals surface area (Å²) in [6.45, 7) is 5.64. The molecular weight excluding hydrogens is 264 g/mol. The molecule has 0 aromatic rings. The molecule has 0 spiro atoms. The molecule has 2 saturated carbocycles. The van der Waals surface area contributed by atoms with Gasteiger partial charge in [0.05, 0.1) is 19.3 Å². The molecule has 4 nitrogen and oxygen atoms in total. The van der Waals surface area contributed by atoms with Gasteiger partial charge in [-0.25, -0.2) is 0 Å². The molecule has 21 heavy (non-hydrogen) atoms. The molecule has 0 bridgehead atoms. The lowest BCUT2D eigenvalue weighted by atomic mass is 9.90. The van der Waals surface area contributed by atoms with E-state index in [1.807, 2.05) is 0 Å². The molecule has 0 aromatic heterocycles. The van der Waals surface area contributed by atoms with Gasteiger partial charge in [-0.2, -0.15) is 0 Å². The van der Waals surface area contributed by atoms with Crippen molar-refractivity contribution in [3.05, 3.63) is 0 Å². The van der Waals surface area contributed by atoms with E-state index in [-0.39, 0.29) is 12.1 Å². The maximum absolute atomic E-state index is 9.84. The summed E-state index contributed by atoms with van der Waals surface area (Å²) in [5, 5.41) is 13.5. The Balaban J connectivity index is 1.47. The lowest BCUT2D eigenvalue weighted by molar-refractivity contribution is -0.0565. The van der Waals surface area contributed by atoms with Crippen LogP contribution in [-0.4, -0.2) is 60.0 Å². The lowest BCUT2D eigenvalue weighted by Gasteiger charge is -2.39. The standard InChI is InChI=1S/C17H32N2O2/c1-2-17(13-20,18-14-7-8-14)9-4-10-19-11-12-21-16-6-3-5-15(16)19/h14-16,18,20H,2-13H2,1H3. The highest BCUT2D eigenvalue weighted by Gasteiger charge is 2.37. The van der Waals surface area contributed by atoms with Gasteiger partial charge in [-0.15, -0.1) is 0 Å². The topological polar surface area (TPSA) is 44.7 Å². The first kappa shape index (κ1) is 15.7. The molecule has 3 unspecified atom stereocenters. The van der Waals surface area contributed by atoms with Gasteiger partial charge in [-0.1, -0.05) is 6.92 Å². The maximum Gasteiger partial charge on any atom is 0.0730 e. The minimum atomic E-state index is -0.0392. The first-order chi connectivity index (χ1) is 10.3. The Morgan fingerprint density at radius 3 is 2.86 bits per heavy atom. The number of nitrogens with zero attached hydrogens (tertiary/aromatic N) is 1. The van der Waals surface area contributed by atoms with E-state index < -0.39 is 0 Å². The molecule has 1 saturated heterocycles. The van der Waals surface area contributed by atoms with Crippen LogP contribution in [0, 0.1) is 0 Å². The number of morpholine rings is 1. The average Bonchev–Trinajstić information content (AvgIpc) is 3.19. The van der Waals surface area contributed by atoms with Gasteiger partial charge < -0.3 is 15.2 Å². The summed E-state index contributed by atoms with van der Waals surface area (Å²) in [7, 11) is 0. The molecule has 3 aliphatic rings. The fourth-order valence-electron chi connectivity index (χ4n) is 4.15. The number of aliphatic hydroxyl groups is 1. The Morgan fingerprint density at radius 2 is 2.14 bits per heavy atom. The molecule has 122 valence electrons. The van der Waals surface area contributed by atoms with E-state index >= 15 is 0 Å².